The van der Waals surface area contributed by atoms with Crippen LogP contribution in [0.4, 0.5) is 5.88 Å². The van der Waals surface area contributed by atoms with Crippen molar-refractivity contribution in [2.75, 3.05) is 7.11 Å². The number of benzene rings is 3. The Kier molecular flexibility index (Phi) is 5.22. The van der Waals surface area contributed by atoms with Crippen molar-refractivity contribution in [2.45, 2.75) is 0 Å². The van der Waals surface area contributed by atoms with Crippen LogP contribution in [0.15, 0.2) is 94.3 Å². The Balaban J connectivity index is 1.89. The number of furan rings is 1. The largest absolute Gasteiger partial charge is 0.496 e. The number of hydrogen-bond donors (Lipinski definition) is 0. The van der Waals surface area contributed by atoms with E-state index in [2.05, 4.69) is 11.1 Å². The van der Waals surface area contributed by atoms with Crippen molar-refractivity contribution < 1.29 is 9.15 Å². The molecule has 0 aliphatic carbocycles. The summed E-state index contributed by atoms with van der Waals surface area (Å²) in [6, 6.07) is 29.3. The zero-order valence-corrected chi connectivity index (χ0v) is 15.9. The predicted octanol–water partition coefficient (Wildman–Crippen LogP) is 6.24. The van der Waals surface area contributed by atoms with Crippen molar-refractivity contribution in [1.29, 1.82) is 5.26 Å². The van der Waals surface area contributed by atoms with E-state index in [1.165, 1.54) is 0 Å². The minimum atomic E-state index is 0.274. The molecule has 1 heterocycles. The van der Waals surface area contributed by atoms with Gasteiger partial charge in [-0.2, -0.15) is 5.26 Å². The summed E-state index contributed by atoms with van der Waals surface area (Å²) in [5.74, 6) is 1.60. The smallest absolute Gasteiger partial charge is 0.238 e. The van der Waals surface area contributed by atoms with Crippen LogP contribution in [0.1, 0.15) is 11.1 Å². The molecular weight excluding hydrogens is 360 g/mol. The summed E-state index contributed by atoms with van der Waals surface area (Å²) < 4.78 is 11.5. The Bertz CT molecular complexity index is 1190. The minimum Gasteiger partial charge on any atom is -0.496 e. The van der Waals surface area contributed by atoms with E-state index in [0.717, 1.165) is 22.3 Å². The fraction of sp³-hybridized carbons (Fsp3) is 0.0400. The van der Waals surface area contributed by atoms with Gasteiger partial charge in [0.05, 0.1) is 7.11 Å². The van der Waals surface area contributed by atoms with E-state index in [9.17, 15) is 5.26 Å². The molecule has 3 aromatic carbocycles. The molecule has 0 atom stereocenters. The van der Waals surface area contributed by atoms with Gasteiger partial charge in [-0.15, -0.1) is 0 Å². The summed E-state index contributed by atoms with van der Waals surface area (Å²) in [4.78, 5) is 4.49. The number of nitriles is 1. The standard InChI is InChI=1S/C25H18N2O2/c1-28-22-15-9-8-14-20(22)17-27-25-21(16-26)23(18-10-4-2-5-11-18)24(29-25)19-12-6-3-7-13-19/h2-15,17H,1H3. The molecule has 29 heavy (non-hydrogen) atoms. The van der Waals surface area contributed by atoms with Gasteiger partial charge in [0.2, 0.25) is 5.88 Å². The van der Waals surface area contributed by atoms with Gasteiger partial charge in [-0.05, 0) is 17.7 Å². The average molecular weight is 378 g/mol. The van der Waals surface area contributed by atoms with Gasteiger partial charge >= 0.3 is 0 Å². The molecule has 0 N–H and O–H groups in total. The molecule has 0 radical (unpaired) electrons. The fourth-order valence-corrected chi connectivity index (χ4v) is 3.19. The first-order valence-corrected chi connectivity index (χ1v) is 9.16. The van der Waals surface area contributed by atoms with E-state index in [0.29, 0.717) is 17.1 Å². The van der Waals surface area contributed by atoms with Gasteiger partial charge in [0, 0.05) is 22.9 Å². The van der Waals surface area contributed by atoms with Crippen LogP contribution < -0.4 is 4.74 Å². The molecule has 4 nitrogen and oxygen atoms in total. The Morgan fingerprint density at radius 1 is 0.862 bits per heavy atom. The lowest BCUT2D eigenvalue weighted by molar-refractivity contribution is 0.414. The molecule has 0 bridgehead atoms. The quantitative estimate of drug-likeness (QED) is 0.386. The maximum atomic E-state index is 9.91. The third-order valence-corrected chi connectivity index (χ3v) is 4.56. The molecular formula is C25H18N2O2. The summed E-state index contributed by atoms with van der Waals surface area (Å²) in [6.45, 7) is 0. The second-order valence-corrected chi connectivity index (χ2v) is 6.33. The number of nitrogens with zero attached hydrogens (tertiary/aromatic N) is 2. The van der Waals surface area contributed by atoms with Gasteiger partial charge in [-0.3, -0.25) is 0 Å². The first-order valence-electron chi connectivity index (χ1n) is 9.16. The Morgan fingerprint density at radius 3 is 2.14 bits per heavy atom. The van der Waals surface area contributed by atoms with Crippen LogP contribution >= 0.6 is 0 Å². The number of hydrogen-bond acceptors (Lipinski definition) is 4. The van der Waals surface area contributed by atoms with Gasteiger partial charge in [-0.1, -0.05) is 72.8 Å². The summed E-state index contributed by atoms with van der Waals surface area (Å²) in [5.41, 5.74) is 3.75. The van der Waals surface area contributed by atoms with Crippen molar-refractivity contribution in [3.63, 3.8) is 0 Å². The van der Waals surface area contributed by atoms with Gasteiger partial charge < -0.3 is 9.15 Å². The molecule has 4 aromatic rings. The molecule has 0 saturated heterocycles. The highest BCUT2D eigenvalue weighted by Crippen LogP contribution is 2.42. The Hall–Kier alpha value is -4.10. The zero-order valence-electron chi connectivity index (χ0n) is 15.9. The highest BCUT2D eigenvalue weighted by atomic mass is 16.5. The van der Waals surface area contributed by atoms with Crippen molar-refractivity contribution >= 4 is 12.1 Å². The van der Waals surface area contributed by atoms with E-state index in [-0.39, 0.29) is 5.88 Å². The molecule has 0 amide bonds. The highest BCUT2D eigenvalue weighted by molar-refractivity contribution is 5.90. The number of para-hydroxylation sites is 1. The first kappa shape index (κ1) is 18.3. The van der Waals surface area contributed by atoms with Crippen molar-refractivity contribution in [1.82, 2.24) is 0 Å². The lowest BCUT2D eigenvalue weighted by atomic mass is 9.98. The zero-order chi connectivity index (χ0) is 20.1. The predicted molar refractivity (Wildman–Crippen MR) is 115 cm³/mol. The van der Waals surface area contributed by atoms with Gasteiger partial charge in [-0.25, -0.2) is 4.99 Å². The average Bonchev–Trinajstić information content (AvgIpc) is 3.17. The molecule has 0 fully saturated rings. The summed E-state index contributed by atoms with van der Waals surface area (Å²) in [7, 11) is 1.61. The molecule has 0 saturated carbocycles. The molecule has 4 rings (SSSR count). The lowest BCUT2D eigenvalue weighted by Gasteiger charge is -2.03. The van der Waals surface area contributed by atoms with Crippen LogP contribution in [-0.2, 0) is 0 Å². The maximum Gasteiger partial charge on any atom is 0.238 e. The van der Waals surface area contributed by atoms with E-state index in [4.69, 9.17) is 9.15 Å². The lowest BCUT2D eigenvalue weighted by Crippen LogP contribution is -1.89. The third-order valence-electron chi connectivity index (χ3n) is 4.56. The third kappa shape index (κ3) is 3.67. The van der Waals surface area contributed by atoms with E-state index >= 15 is 0 Å². The number of ether oxygens (including phenoxy) is 1. The molecule has 4 heteroatoms. The fourth-order valence-electron chi connectivity index (χ4n) is 3.19. The van der Waals surface area contributed by atoms with Crippen LogP contribution in [0.2, 0.25) is 0 Å². The van der Waals surface area contributed by atoms with Crippen LogP contribution in [0, 0.1) is 11.3 Å². The maximum absolute atomic E-state index is 9.91. The molecule has 0 aliphatic heterocycles. The SMILES string of the molecule is COc1ccccc1C=Nc1oc(-c2ccccc2)c(-c2ccccc2)c1C#N. The number of methoxy groups -OCH3 is 1. The second-order valence-electron chi connectivity index (χ2n) is 6.33. The molecule has 0 aliphatic rings. The van der Waals surface area contributed by atoms with Gasteiger partial charge in [0.15, 0.2) is 0 Å². The number of rotatable bonds is 5. The van der Waals surface area contributed by atoms with Gasteiger partial charge in [0.25, 0.3) is 0 Å². The topological polar surface area (TPSA) is 58.5 Å². The van der Waals surface area contributed by atoms with Gasteiger partial charge in [0.1, 0.15) is 23.1 Å². The second kappa shape index (κ2) is 8.28. The summed E-state index contributed by atoms with van der Waals surface area (Å²) in [5, 5.41) is 9.91. The summed E-state index contributed by atoms with van der Waals surface area (Å²) in [6.07, 6.45) is 1.65. The highest BCUT2D eigenvalue weighted by Gasteiger charge is 2.22. The molecule has 140 valence electrons. The van der Waals surface area contributed by atoms with Crippen LogP contribution in [0.5, 0.6) is 5.75 Å². The number of aliphatic imine (C=N–C) groups is 1. The normalized spacial score (nSPS) is 10.8. The molecule has 1 aromatic heterocycles. The van der Waals surface area contributed by atoms with Crippen LogP contribution in [0.3, 0.4) is 0 Å². The van der Waals surface area contributed by atoms with E-state index < -0.39 is 0 Å². The van der Waals surface area contributed by atoms with E-state index in [1.54, 1.807) is 13.3 Å². The van der Waals surface area contributed by atoms with Crippen LogP contribution in [0.25, 0.3) is 22.5 Å². The summed E-state index contributed by atoms with van der Waals surface area (Å²) >= 11 is 0. The van der Waals surface area contributed by atoms with Crippen LogP contribution in [-0.4, -0.2) is 13.3 Å². The van der Waals surface area contributed by atoms with Crippen molar-refractivity contribution in [2.24, 2.45) is 4.99 Å². The van der Waals surface area contributed by atoms with Crippen molar-refractivity contribution in [3.05, 3.63) is 96.1 Å². The Labute approximate surface area is 169 Å². The van der Waals surface area contributed by atoms with E-state index in [1.807, 2.05) is 84.9 Å². The molecule has 0 unspecified atom stereocenters. The monoisotopic (exact) mass is 378 g/mol. The Morgan fingerprint density at radius 2 is 1.48 bits per heavy atom. The first-order chi connectivity index (χ1) is 14.3. The van der Waals surface area contributed by atoms with Crippen molar-refractivity contribution in [3.8, 4) is 34.3 Å². The molecule has 0 spiro atoms. The minimum absolute atomic E-state index is 0.274.